The fraction of sp³-hybridized carbons (Fsp3) is 0.538. The Morgan fingerprint density at radius 3 is 2.67 bits per heavy atom. The monoisotopic (exact) mass is 271 g/mol. The summed E-state index contributed by atoms with van der Waals surface area (Å²) in [5, 5.41) is 8.99. The first kappa shape index (κ1) is 15.1. The highest BCUT2D eigenvalue weighted by molar-refractivity contribution is 7.89. The van der Waals surface area contributed by atoms with Crippen LogP contribution < -0.4 is 4.72 Å². The van der Waals surface area contributed by atoms with Gasteiger partial charge in [-0.25, -0.2) is 13.1 Å². The minimum absolute atomic E-state index is 0.153. The zero-order valence-corrected chi connectivity index (χ0v) is 11.5. The van der Waals surface area contributed by atoms with Crippen molar-refractivity contribution in [3.63, 3.8) is 0 Å². The van der Waals surface area contributed by atoms with E-state index in [1.807, 2.05) is 0 Å². The molecule has 0 atom stereocenters. The van der Waals surface area contributed by atoms with E-state index < -0.39 is 10.0 Å². The minimum Gasteiger partial charge on any atom is -0.392 e. The highest BCUT2D eigenvalue weighted by Crippen LogP contribution is 2.11. The van der Waals surface area contributed by atoms with Crippen molar-refractivity contribution < 1.29 is 13.5 Å². The summed E-state index contributed by atoms with van der Waals surface area (Å²) in [5.74, 6) is 0. The Morgan fingerprint density at radius 2 is 2.00 bits per heavy atom. The van der Waals surface area contributed by atoms with Gasteiger partial charge in [-0.3, -0.25) is 0 Å². The summed E-state index contributed by atoms with van der Waals surface area (Å²) < 4.78 is 26.5. The predicted molar refractivity (Wildman–Crippen MR) is 71.7 cm³/mol. The third-order valence-electron chi connectivity index (χ3n) is 2.71. The van der Waals surface area contributed by atoms with Gasteiger partial charge in [0, 0.05) is 6.54 Å². The molecule has 0 aliphatic rings. The van der Waals surface area contributed by atoms with Gasteiger partial charge in [-0.1, -0.05) is 38.3 Å². The second-order valence-electron chi connectivity index (χ2n) is 4.26. The van der Waals surface area contributed by atoms with Crippen LogP contribution in [0.1, 0.15) is 38.2 Å². The van der Waals surface area contributed by atoms with Crippen LogP contribution in [-0.4, -0.2) is 20.1 Å². The maximum Gasteiger partial charge on any atom is 0.240 e. The average molecular weight is 271 g/mol. The molecule has 1 aromatic rings. The Morgan fingerprint density at radius 1 is 1.22 bits per heavy atom. The molecule has 18 heavy (non-hydrogen) atoms. The Bertz CT molecular complexity index is 457. The minimum atomic E-state index is -3.44. The van der Waals surface area contributed by atoms with E-state index in [2.05, 4.69) is 11.6 Å². The first-order valence-electron chi connectivity index (χ1n) is 6.29. The average Bonchev–Trinajstić information content (AvgIpc) is 2.38. The van der Waals surface area contributed by atoms with E-state index in [-0.39, 0.29) is 11.5 Å². The highest BCUT2D eigenvalue weighted by atomic mass is 32.2. The molecule has 5 heteroatoms. The molecule has 0 aliphatic heterocycles. The van der Waals surface area contributed by atoms with E-state index in [9.17, 15) is 8.42 Å². The molecule has 0 amide bonds. The van der Waals surface area contributed by atoms with Crippen molar-refractivity contribution in [3.8, 4) is 0 Å². The number of aliphatic hydroxyl groups excluding tert-OH is 1. The Kier molecular flexibility index (Phi) is 6.32. The van der Waals surface area contributed by atoms with Crippen LogP contribution in [0.4, 0.5) is 0 Å². The summed E-state index contributed by atoms with van der Waals surface area (Å²) in [6.45, 7) is 2.43. The molecule has 4 nitrogen and oxygen atoms in total. The summed E-state index contributed by atoms with van der Waals surface area (Å²) in [7, 11) is -3.44. The van der Waals surface area contributed by atoms with Crippen LogP contribution in [-0.2, 0) is 16.6 Å². The predicted octanol–water partition coefficient (Wildman–Crippen LogP) is 2.04. The van der Waals surface area contributed by atoms with Gasteiger partial charge in [-0.2, -0.15) is 0 Å². The van der Waals surface area contributed by atoms with E-state index in [1.165, 1.54) is 12.1 Å². The van der Waals surface area contributed by atoms with Gasteiger partial charge in [0.1, 0.15) is 0 Å². The van der Waals surface area contributed by atoms with E-state index in [4.69, 9.17) is 5.11 Å². The first-order valence-corrected chi connectivity index (χ1v) is 7.78. The molecule has 0 aromatic heterocycles. The Balaban J connectivity index is 2.57. The zero-order valence-electron chi connectivity index (χ0n) is 10.7. The van der Waals surface area contributed by atoms with Gasteiger partial charge in [0.2, 0.25) is 10.0 Å². The molecule has 0 bridgehead atoms. The van der Waals surface area contributed by atoms with Crippen molar-refractivity contribution in [2.75, 3.05) is 6.54 Å². The SMILES string of the molecule is CCCCCCNS(=O)(=O)c1cccc(CO)c1. The lowest BCUT2D eigenvalue weighted by Gasteiger charge is -2.07. The van der Waals surface area contributed by atoms with Gasteiger partial charge in [-0.15, -0.1) is 0 Å². The van der Waals surface area contributed by atoms with Crippen molar-refractivity contribution in [1.29, 1.82) is 0 Å². The molecule has 0 fully saturated rings. The summed E-state index contributed by atoms with van der Waals surface area (Å²) in [6, 6.07) is 6.36. The summed E-state index contributed by atoms with van der Waals surface area (Å²) >= 11 is 0. The maximum atomic E-state index is 11.9. The largest absolute Gasteiger partial charge is 0.392 e. The van der Waals surface area contributed by atoms with Crippen LogP contribution in [0.25, 0.3) is 0 Å². The van der Waals surface area contributed by atoms with E-state index >= 15 is 0 Å². The molecular formula is C13H21NO3S. The molecule has 0 heterocycles. The van der Waals surface area contributed by atoms with Gasteiger partial charge in [0.05, 0.1) is 11.5 Å². The van der Waals surface area contributed by atoms with E-state index in [0.29, 0.717) is 12.1 Å². The van der Waals surface area contributed by atoms with Gasteiger partial charge >= 0.3 is 0 Å². The molecule has 1 rings (SSSR count). The third-order valence-corrected chi connectivity index (χ3v) is 4.17. The van der Waals surface area contributed by atoms with Crippen LogP contribution in [0.3, 0.4) is 0 Å². The molecule has 0 spiro atoms. The second kappa shape index (κ2) is 7.51. The molecule has 0 aliphatic carbocycles. The standard InChI is InChI=1S/C13H21NO3S/c1-2-3-4-5-9-14-18(16,17)13-8-6-7-12(10-13)11-15/h6-8,10,14-15H,2-5,9,11H2,1H3. The number of hydrogen-bond acceptors (Lipinski definition) is 3. The normalized spacial score (nSPS) is 11.7. The Labute approximate surface area is 109 Å². The lowest BCUT2D eigenvalue weighted by Crippen LogP contribution is -2.24. The quantitative estimate of drug-likeness (QED) is 0.711. The highest BCUT2D eigenvalue weighted by Gasteiger charge is 2.13. The maximum absolute atomic E-state index is 11.9. The van der Waals surface area contributed by atoms with Crippen LogP contribution in [0.15, 0.2) is 29.2 Å². The van der Waals surface area contributed by atoms with Gasteiger partial charge in [0.25, 0.3) is 0 Å². The van der Waals surface area contributed by atoms with Crippen LogP contribution >= 0.6 is 0 Å². The molecule has 0 unspecified atom stereocenters. The third kappa shape index (κ3) is 4.76. The lowest BCUT2D eigenvalue weighted by molar-refractivity contribution is 0.281. The Hall–Kier alpha value is -0.910. The smallest absolute Gasteiger partial charge is 0.240 e. The zero-order chi connectivity index (χ0) is 13.4. The molecule has 0 radical (unpaired) electrons. The van der Waals surface area contributed by atoms with E-state index in [0.717, 1.165) is 25.7 Å². The fourth-order valence-electron chi connectivity index (χ4n) is 1.65. The summed E-state index contributed by atoms with van der Waals surface area (Å²) in [6.07, 6.45) is 4.15. The van der Waals surface area contributed by atoms with Crippen molar-refractivity contribution in [3.05, 3.63) is 29.8 Å². The van der Waals surface area contributed by atoms with Crippen molar-refractivity contribution in [2.45, 2.75) is 44.1 Å². The van der Waals surface area contributed by atoms with Crippen molar-refractivity contribution >= 4 is 10.0 Å². The van der Waals surface area contributed by atoms with Crippen LogP contribution in [0.2, 0.25) is 0 Å². The van der Waals surface area contributed by atoms with Crippen LogP contribution in [0.5, 0.6) is 0 Å². The van der Waals surface area contributed by atoms with Crippen molar-refractivity contribution in [2.24, 2.45) is 0 Å². The van der Waals surface area contributed by atoms with Gasteiger partial charge in [0.15, 0.2) is 0 Å². The first-order chi connectivity index (χ1) is 8.60. The topological polar surface area (TPSA) is 66.4 Å². The number of rotatable bonds is 8. The molecule has 102 valence electrons. The van der Waals surface area contributed by atoms with Crippen LogP contribution in [0, 0.1) is 0 Å². The number of aliphatic hydroxyl groups is 1. The lowest BCUT2D eigenvalue weighted by atomic mass is 10.2. The molecule has 2 N–H and O–H groups in total. The second-order valence-corrected chi connectivity index (χ2v) is 6.03. The summed E-state index contributed by atoms with van der Waals surface area (Å²) in [4.78, 5) is 0.213. The number of nitrogens with one attached hydrogen (secondary N) is 1. The number of hydrogen-bond donors (Lipinski definition) is 2. The molecule has 1 aromatic carbocycles. The number of sulfonamides is 1. The van der Waals surface area contributed by atoms with Gasteiger partial charge in [-0.05, 0) is 24.1 Å². The molecular weight excluding hydrogens is 250 g/mol. The van der Waals surface area contributed by atoms with Crippen molar-refractivity contribution in [1.82, 2.24) is 4.72 Å². The summed E-state index contributed by atoms with van der Waals surface area (Å²) in [5.41, 5.74) is 0.601. The van der Waals surface area contributed by atoms with E-state index in [1.54, 1.807) is 12.1 Å². The fourth-order valence-corrected chi connectivity index (χ4v) is 2.80. The number of unbranched alkanes of at least 4 members (excludes halogenated alkanes) is 3. The number of benzene rings is 1. The molecule has 0 saturated carbocycles. The van der Waals surface area contributed by atoms with Gasteiger partial charge < -0.3 is 5.11 Å². The molecule has 0 saturated heterocycles.